The minimum absolute atomic E-state index is 0.183. The van der Waals surface area contributed by atoms with Gasteiger partial charge in [-0.25, -0.2) is 0 Å². The molecule has 1 atom stereocenters. The number of aryl methyl sites for hydroxylation is 1. The standard InChI is InChI=1S/C14H19N3S/c1-9(2)12-14(18-17-16-12)13(15-4)11-7-5-10(3)6-8-11/h5-9,13,15H,1-4H3. The number of hydrogen-bond acceptors (Lipinski definition) is 4. The van der Waals surface area contributed by atoms with Gasteiger partial charge in [0.2, 0.25) is 0 Å². The van der Waals surface area contributed by atoms with Crippen molar-refractivity contribution in [2.24, 2.45) is 0 Å². The van der Waals surface area contributed by atoms with E-state index in [9.17, 15) is 0 Å². The average Bonchev–Trinajstić information content (AvgIpc) is 2.82. The fraction of sp³-hybridized carbons (Fsp3) is 0.429. The minimum atomic E-state index is 0.183. The monoisotopic (exact) mass is 261 g/mol. The van der Waals surface area contributed by atoms with Crippen LogP contribution in [0.5, 0.6) is 0 Å². The second kappa shape index (κ2) is 5.59. The normalized spacial score (nSPS) is 12.9. The molecule has 0 aliphatic heterocycles. The van der Waals surface area contributed by atoms with E-state index >= 15 is 0 Å². The van der Waals surface area contributed by atoms with Crippen LogP contribution in [0.4, 0.5) is 0 Å². The van der Waals surface area contributed by atoms with Crippen molar-refractivity contribution in [2.75, 3.05) is 7.05 Å². The maximum atomic E-state index is 4.26. The maximum absolute atomic E-state index is 4.26. The van der Waals surface area contributed by atoms with Crippen molar-refractivity contribution < 1.29 is 0 Å². The third-order valence-electron chi connectivity index (χ3n) is 3.05. The molecule has 0 saturated carbocycles. The number of hydrogen-bond donors (Lipinski definition) is 1. The molecule has 0 amide bonds. The topological polar surface area (TPSA) is 37.8 Å². The van der Waals surface area contributed by atoms with Crippen LogP contribution < -0.4 is 5.32 Å². The first-order valence-electron chi connectivity index (χ1n) is 6.19. The first-order valence-corrected chi connectivity index (χ1v) is 6.96. The van der Waals surface area contributed by atoms with Gasteiger partial charge in [0, 0.05) is 0 Å². The molecule has 4 heteroatoms. The third kappa shape index (κ3) is 2.60. The molecule has 0 spiro atoms. The van der Waals surface area contributed by atoms with E-state index in [1.54, 1.807) is 0 Å². The molecule has 0 aliphatic carbocycles. The Balaban J connectivity index is 2.39. The molecule has 96 valence electrons. The SMILES string of the molecule is CNC(c1ccc(C)cc1)c1snnc1C(C)C. The molecule has 0 fully saturated rings. The Bertz CT molecular complexity index is 502. The number of nitrogens with zero attached hydrogens (tertiary/aromatic N) is 2. The van der Waals surface area contributed by atoms with Gasteiger partial charge in [0.25, 0.3) is 0 Å². The molecule has 3 nitrogen and oxygen atoms in total. The van der Waals surface area contributed by atoms with Crippen LogP contribution in [0, 0.1) is 6.92 Å². The van der Waals surface area contributed by atoms with Gasteiger partial charge in [0.05, 0.1) is 16.6 Å². The molecule has 1 N–H and O–H groups in total. The first-order chi connectivity index (χ1) is 8.63. The zero-order valence-electron chi connectivity index (χ0n) is 11.3. The third-order valence-corrected chi connectivity index (χ3v) is 3.85. The van der Waals surface area contributed by atoms with E-state index < -0.39 is 0 Å². The van der Waals surface area contributed by atoms with Gasteiger partial charge < -0.3 is 5.32 Å². The molecule has 1 heterocycles. The molecule has 1 aromatic carbocycles. The second-order valence-electron chi connectivity index (χ2n) is 4.81. The lowest BCUT2D eigenvalue weighted by molar-refractivity contribution is 0.678. The number of nitrogens with one attached hydrogen (secondary N) is 1. The van der Waals surface area contributed by atoms with Gasteiger partial charge in [-0.1, -0.05) is 48.2 Å². The van der Waals surface area contributed by atoms with Crippen molar-refractivity contribution in [3.63, 3.8) is 0 Å². The Hall–Kier alpha value is -1.26. The molecule has 0 bridgehead atoms. The van der Waals surface area contributed by atoms with Gasteiger partial charge in [0.1, 0.15) is 0 Å². The summed E-state index contributed by atoms with van der Waals surface area (Å²) in [6.45, 7) is 6.41. The summed E-state index contributed by atoms with van der Waals surface area (Å²) in [4.78, 5) is 1.22. The Kier molecular flexibility index (Phi) is 4.09. The van der Waals surface area contributed by atoms with E-state index in [1.165, 1.54) is 27.5 Å². The highest BCUT2D eigenvalue weighted by Gasteiger charge is 2.21. The fourth-order valence-corrected chi connectivity index (χ4v) is 2.96. The van der Waals surface area contributed by atoms with E-state index in [2.05, 4.69) is 59.9 Å². The first kappa shape index (κ1) is 13.2. The fourth-order valence-electron chi connectivity index (χ4n) is 2.01. The molecule has 18 heavy (non-hydrogen) atoms. The Labute approximate surface area is 112 Å². The van der Waals surface area contributed by atoms with Gasteiger partial charge in [-0.3, -0.25) is 0 Å². The van der Waals surface area contributed by atoms with Crippen LogP contribution in [0.2, 0.25) is 0 Å². The highest BCUT2D eigenvalue weighted by molar-refractivity contribution is 7.05. The van der Waals surface area contributed by atoms with E-state index in [4.69, 9.17) is 0 Å². The van der Waals surface area contributed by atoms with E-state index in [1.807, 2.05) is 7.05 Å². The Morgan fingerprint density at radius 2 is 1.83 bits per heavy atom. The predicted octanol–water partition coefficient (Wildman–Crippen LogP) is 3.28. The van der Waals surface area contributed by atoms with Crippen molar-refractivity contribution in [3.05, 3.63) is 46.0 Å². The Morgan fingerprint density at radius 3 is 2.39 bits per heavy atom. The van der Waals surface area contributed by atoms with Gasteiger partial charge in [0.15, 0.2) is 0 Å². The summed E-state index contributed by atoms with van der Waals surface area (Å²) in [5.74, 6) is 0.403. The largest absolute Gasteiger partial charge is 0.309 e. The molecule has 0 radical (unpaired) electrons. The molecule has 0 saturated heterocycles. The number of benzene rings is 1. The van der Waals surface area contributed by atoms with Crippen molar-refractivity contribution in [1.29, 1.82) is 0 Å². The smallest absolute Gasteiger partial charge is 0.0832 e. The maximum Gasteiger partial charge on any atom is 0.0832 e. The molecule has 1 unspecified atom stereocenters. The van der Waals surface area contributed by atoms with Gasteiger partial charge in [-0.05, 0) is 37.0 Å². The summed E-state index contributed by atoms with van der Waals surface area (Å²) < 4.78 is 4.11. The van der Waals surface area contributed by atoms with Crippen LogP contribution in [0.15, 0.2) is 24.3 Å². The summed E-state index contributed by atoms with van der Waals surface area (Å²) in [6.07, 6.45) is 0. The minimum Gasteiger partial charge on any atom is -0.309 e. The molecule has 2 rings (SSSR count). The number of rotatable bonds is 4. The Morgan fingerprint density at radius 1 is 1.17 bits per heavy atom. The van der Waals surface area contributed by atoms with E-state index in [0.717, 1.165) is 5.69 Å². The number of aromatic nitrogens is 2. The molecule has 2 aromatic rings. The van der Waals surface area contributed by atoms with Crippen LogP contribution in [-0.4, -0.2) is 16.6 Å². The highest BCUT2D eigenvalue weighted by Crippen LogP contribution is 2.30. The average molecular weight is 261 g/mol. The zero-order chi connectivity index (χ0) is 13.1. The van der Waals surface area contributed by atoms with Crippen LogP contribution >= 0.6 is 11.5 Å². The summed E-state index contributed by atoms with van der Waals surface area (Å²) in [6, 6.07) is 8.80. The molecular formula is C14H19N3S. The zero-order valence-corrected chi connectivity index (χ0v) is 12.1. The van der Waals surface area contributed by atoms with Crippen LogP contribution in [0.25, 0.3) is 0 Å². The molecular weight excluding hydrogens is 242 g/mol. The van der Waals surface area contributed by atoms with Crippen LogP contribution in [-0.2, 0) is 0 Å². The van der Waals surface area contributed by atoms with Crippen molar-refractivity contribution in [2.45, 2.75) is 32.7 Å². The summed E-state index contributed by atoms with van der Waals surface area (Å²) in [5, 5.41) is 7.62. The van der Waals surface area contributed by atoms with Gasteiger partial charge in [-0.2, -0.15) is 0 Å². The predicted molar refractivity (Wildman–Crippen MR) is 76.1 cm³/mol. The highest BCUT2D eigenvalue weighted by atomic mass is 32.1. The van der Waals surface area contributed by atoms with Crippen molar-refractivity contribution in [1.82, 2.24) is 14.9 Å². The van der Waals surface area contributed by atoms with Gasteiger partial charge in [-0.15, -0.1) is 5.10 Å². The van der Waals surface area contributed by atoms with Gasteiger partial charge >= 0.3 is 0 Å². The second-order valence-corrected chi connectivity index (χ2v) is 5.60. The quantitative estimate of drug-likeness (QED) is 0.918. The molecule has 1 aromatic heterocycles. The lowest BCUT2D eigenvalue weighted by atomic mass is 9.99. The van der Waals surface area contributed by atoms with Crippen LogP contribution in [0.1, 0.15) is 47.5 Å². The van der Waals surface area contributed by atoms with Crippen molar-refractivity contribution in [3.8, 4) is 0 Å². The lowest BCUT2D eigenvalue weighted by Crippen LogP contribution is -2.18. The summed E-state index contributed by atoms with van der Waals surface area (Å²) in [5.41, 5.74) is 3.64. The molecule has 0 aliphatic rings. The summed E-state index contributed by atoms with van der Waals surface area (Å²) >= 11 is 1.49. The van der Waals surface area contributed by atoms with Crippen molar-refractivity contribution >= 4 is 11.5 Å². The van der Waals surface area contributed by atoms with Crippen LogP contribution in [0.3, 0.4) is 0 Å². The van der Waals surface area contributed by atoms with E-state index in [0.29, 0.717) is 5.92 Å². The van der Waals surface area contributed by atoms with E-state index in [-0.39, 0.29) is 6.04 Å². The summed E-state index contributed by atoms with van der Waals surface area (Å²) in [7, 11) is 1.98. The lowest BCUT2D eigenvalue weighted by Gasteiger charge is -2.17.